The zero-order valence-corrected chi connectivity index (χ0v) is 7.93. The lowest BCUT2D eigenvalue weighted by atomic mass is 10.1. The van der Waals surface area contributed by atoms with Crippen molar-refractivity contribution in [1.82, 2.24) is 0 Å². The van der Waals surface area contributed by atoms with Crippen molar-refractivity contribution in [3.8, 4) is 11.8 Å². The van der Waals surface area contributed by atoms with Gasteiger partial charge in [-0.2, -0.15) is 5.26 Å². The smallest absolute Gasteiger partial charge is 0.291 e. The van der Waals surface area contributed by atoms with Gasteiger partial charge in [0.1, 0.15) is 17.4 Å². The Labute approximate surface area is 85.5 Å². The van der Waals surface area contributed by atoms with Gasteiger partial charge in [0.2, 0.25) is 0 Å². The van der Waals surface area contributed by atoms with E-state index >= 15 is 0 Å². The van der Waals surface area contributed by atoms with Crippen LogP contribution in [0, 0.1) is 21.4 Å². The minimum absolute atomic E-state index is 0.136. The molecule has 0 radical (unpaired) electrons. The molecule has 1 N–H and O–H groups in total. The van der Waals surface area contributed by atoms with Crippen molar-refractivity contribution in [2.45, 2.75) is 6.61 Å². The molecule has 1 aromatic rings. The molecule has 0 bridgehead atoms. The Bertz CT molecular complexity index is 436. The third-order valence-electron chi connectivity index (χ3n) is 1.89. The Balaban J connectivity index is 3.48. The SMILES string of the molecule is COc1cc(CO)c(C#N)c([N+](=O)[O-])c1. The summed E-state index contributed by atoms with van der Waals surface area (Å²) in [5.74, 6) is 0.241. The van der Waals surface area contributed by atoms with Gasteiger partial charge < -0.3 is 9.84 Å². The zero-order valence-electron chi connectivity index (χ0n) is 7.93. The third-order valence-corrected chi connectivity index (χ3v) is 1.89. The first-order valence-electron chi connectivity index (χ1n) is 4.00. The number of aliphatic hydroxyl groups is 1. The first-order chi connectivity index (χ1) is 7.13. The molecule has 6 nitrogen and oxygen atoms in total. The number of ether oxygens (including phenoxy) is 1. The van der Waals surface area contributed by atoms with Crippen LogP contribution in [0.15, 0.2) is 12.1 Å². The predicted octanol–water partition coefficient (Wildman–Crippen LogP) is 0.967. The van der Waals surface area contributed by atoms with Crippen molar-refractivity contribution in [2.75, 3.05) is 7.11 Å². The fourth-order valence-corrected chi connectivity index (χ4v) is 1.17. The highest BCUT2D eigenvalue weighted by atomic mass is 16.6. The summed E-state index contributed by atoms with van der Waals surface area (Å²) >= 11 is 0. The van der Waals surface area contributed by atoms with Crippen LogP contribution in [-0.2, 0) is 6.61 Å². The van der Waals surface area contributed by atoms with E-state index in [9.17, 15) is 10.1 Å². The van der Waals surface area contributed by atoms with Crippen LogP contribution in [0.1, 0.15) is 11.1 Å². The highest BCUT2D eigenvalue weighted by molar-refractivity contribution is 5.57. The average molecular weight is 208 g/mol. The molecule has 6 heteroatoms. The second-order valence-electron chi connectivity index (χ2n) is 2.71. The molecule has 1 rings (SSSR count). The third kappa shape index (κ3) is 2.03. The van der Waals surface area contributed by atoms with Crippen molar-refractivity contribution in [3.05, 3.63) is 33.4 Å². The Kier molecular flexibility index (Phi) is 3.21. The van der Waals surface area contributed by atoms with Gasteiger partial charge in [0.25, 0.3) is 5.69 Å². The average Bonchev–Trinajstić information content (AvgIpc) is 2.26. The van der Waals surface area contributed by atoms with Crippen LogP contribution in [0.5, 0.6) is 5.75 Å². The van der Waals surface area contributed by atoms with Gasteiger partial charge in [-0.1, -0.05) is 0 Å². The maximum absolute atomic E-state index is 10.6. The summed E-state index contributed by atoms with van der Waals surface area (Å²) in [5.41, 5.74) is -0.312. The van der Waals surface area contributed by atoms with Crippen molar-refractivity contribution in [1.29, 1.82) is 5.26 Å². The first kappa shape index (κ1) is 10.9. The van der Waals surface area contributed by atoms with E-state index in [1.807, 2.05) is 0 Å². The van der Waals surface area contributed by atoms with Crippen LogP contribution in [0.25, 0.3) is 0 Å². The fourth-order valence-electron chi connectivity index (χ4n) is 1.17. The van der Waals surface area contributed by atoms with Gasteiger partial charge in [-0.05, 0) is 6.07 Å². The number of rotatable bonds is 3. The number of aliphatic hydroxyl groups excluding tert-OH is 1. The Morgan fingerprint density at radius 2 is 2.33 bits per heavy atom. The van der Waals surface area contributed by atoms with Gasteiger partial charge in [-0.15, -0.1) is 0 Å². The normalized spacial score (nSPS) is 9.40. The number of nitro benzene ring substituents is 1. The molecule has 0 saturated heterocycles. The second kappa shape index (κ2) is 4.39. The van der Waals surface area contributed by atoms with Crippen LogP contribution >= 0.6 is 0 Å². The van der Waals surface area contributed by atoms with Crippen LogP contribution in [0.4, 0.5) is 5.69 Å². The van der Waals surface area contributed by atoms with Gasteiger partial charge in [0.15, 0.2) is 0 Å². The highest BCUT2D eigenvalue weighted by Crippen LogP contribution is 2.27. The zero-order chi connectivity index (χ0) is 11.4. The van der Waals surface area contributed by atoms with Gasteiger partial charge in [-0.25, -0.2) is 0 Å². The second-order valence-corrected chi connectivity index (χ2v) is 2.71. The van der Waals surface area contributed by atoms with Crippen LogP contribution in [0.2, 0.25) is 0 Å². The molecule has 0 aromatic heterocycles. The fraction of sp³-hybridized carbons (Fsp3) is 0.222. The molecule has 78 valence electrons. The molecule has 0 aliphatic carbocycles. The number of nitro groups is 1. The number of nitrogens with zero attached hydrogens (tertiary/aromatic N) is 2. The van der Waals surface area contributed by atoms with Gasteiger partial charge in [0, 0.05) is 5.56 Å². The van der Waals surface area contributed by atoms with Crippen molar-refractivity contribution >= 4 is 5.69 Å². The summed E-state index contributed by atoms with van der Waals surface area (Å²) in [7, 11) is 1.35. The lowest BCUT2D eigenvalue weighted by Crippen LogP contribution is -1.99. The van der Waals surface area contributed by atoms with E-state index < -0.39 is 11.5 Å². The summed E-state index contributed by atoms with van der Waals surface area (Å²) in [4.78, 5) is 9.95. The summed E-state index contributed by atoms with van der Waals surface area (Å²) in [6, 6.07) is 4.24. The van der Waals surface area contributed by atoms with Crippen LogP contribution in [-0.4, -0.2) is 17.1 Å². The van der Waals surface area contributed by atoms with Gasteiger partial charge in [0.05, 0.1) is 24.7 Å². The monoisotopic (exact) mass is 208 g/mol. The quantitative estimate of drug-likeness (QED) is 0.589. The molecule has 1 aromatic carbocycles. The molecular weight excluding hydrogens is 200 g/mol. The van der Waals surface area contributed by atoms with E-state index in [-0.39, 0.29) is 22.6 Å². The molecule has 0 aliphatic rings. The lowest BCUT2D eigenvalue weighted by Gasteiger charge is -2.05. The number of benzene rings is 1. The summed E-state index contributed by atoms with van der Waals surface area (Å²) < 4.78 is 4.82. The molecule has 0 saturated carbocycles. The van der Waals surface area contributed by atoms with Crippen LogP contribution in [0.3, 0.4) is 0 Å². The van der Waals surface area contributed by atoms with Gasteiger partial charge in [-0.3, -0.25) is 10.1 Å². The molecule has 0 amide bonds. The van der Waals surface area contributed by atoms with E-state index in [2.05, 4.69) is 0 Å². The van der Waals surface area contributed by atoms with Crippen molar-refractivity contribution in [2.24, 2.45) is 0 Å². The highest BCUT2D eigenvalue weighted by Gasteiger charge is 2.19. The van der Waals surface area contributed by atoms with Crippen LogP contribution < -0.4 is 4.74 Å². The molecule has 0 atom stereocenters. The minimum atomic E-state index is -0.680. The lowest BCUT2D eigenvalue weighted by molar-refractivity contribution is -0.385. The Hall–Kier alpha value is -2.13. The molecular formula is C9H8N2O4. The number of methoxy groups -OCH3 is 1. The molecule has 0 unspecified atom stereocenters. The van der Waals surface area contributed by atoms with E-state index in [0.29, 0.717) is 0 Å². The minimum Gasteiger partial charge on any atom is -0.496 e. The molecule has 0 spiro atoms. The maximum atomic E-state index is 10.6. The summed E-state index contributed by atoms with van der Waals surface area (Å²) in [5, 5.41) is 28.3. The molecule has 0 fully saturated rings. The summed E-state index contributed by atoms with van der Waals surface area (Å²) in [6.45, 7) is -0.444. The van der Waals surface area contributed by atoms with E-state index in [1.54, 1.807) is 6.07 Å². The molecule has 15 heavy (non-hydrogen) atoms. The van der Waals surface area contributed by atoms with Crippen molar-refractivity contribution in [3.63, 3.8) is 0 Å². The standard InChI is InChI=1S/C9H8N2O4/c1-15-7-2-6(5-12)8(4-10)9(3-7)11(13)14/h2-3,12H,5H2,1H3. The Morgan fingerprint density at radius 1 is 1.67 bits per heavy atom. The summed E-state index contributed by atoms with van der Waals surface area (Å²) in [6.07, 6.45) is 0. The van der Waals surface area contributed by atoms with Gasteiger partial charge >= 0.3 is 0 Å². The molecule has 0 aliphatic heterocycles. The first-order valence-corrected chi connectivity index (χ1v) is 4.00. The molecule has 0 heterocycles. The topological polar surface area (TPSA) is 96.4 Å². The number of hydrogen-bond acceptors (Lipinski definition) is 5. The predicted molar refractivity (Wildman–Crippen MR) is 50.3 cm³/mol. The van der Waals surface area contributed by atoms with E-state index in [1.165, 1.54) is 13.2 Å². The maximum Gasteiger partial charge on any atom is 0.291 e. The largest absolute Gasteiger partial charge is 0.496 e. The number of nitriles is 1. The number of hydrogen-bond donors (Lipinski definition) is 1. The van der Waals surface area contributed by atoms with E-state index in [0.717, 1.165) is 6.07 Å². The Morgan fingerprint density at radius 3 is 2.73 bits per heavy atom. The van der Waals surface area contributed by atoms with E-state index in [4.69, 9.17) is 15.1 Å². The van der Waals surface area contributed by atoms with Crippen molar-refractivity contribution < 1.29 is 14.8 Å².